The van der Waals surface area contributed by atoms with Gasteiger partial charge in [-0.1, -0.05) is 32.1 Å². The molecule has 0 saturated heterocycles. The van der Waals surface area contributed by atoms with E-state index in [2.05, 4.69) is 18.7 Å². The molecule has 0 unspecified atom stereocenters. The number of hydrogen-bond acceptors (Lipinski definition) is 7. The summed E-state index contributed by atoms with van der Waals surface area (Å²) in [4.78, 5) is 22.4. The van der Waals surface area contributed by atoms with Crippen LogP contribution in [0.1, 0.15) is 38.1 Å². The topological polar surface area (TPSA) is 79.8 Å². The van der Waals surface area contributed by atoms with Crippen molar-refractivity contribution in [3.8, 4) is 5.75 Å². The number of ether oxygens (including phenoxy) is 1. The van der Waals surface area contributed by atoms with Crippen LogP contribution in [0.2, 0.25) is 0 Å². The van der Waals surface area contributed by atoms with Crippen molar-refractivity contribution in [3.63, 3.8) is 0 Å². The van der Waals surface area contributed by atoms with Crippen molar-refractivity contribution in [1.29, 1.82) is 0 Å². The maximum Gasteiger partial charge on any atom is 0.260 e. The van der Waals surface area contributed by atoms with Crippen molar-refractivity contribution in [3.05, 3.63) is 48.0 Å². The molecule has 1 aromatic heterocycles. The predicted octanol–water partition coefficient (Wildman–Crippen LogP) is 4.48. The van der Waals surface area contributed by atoms with Crippen molar-refractivity contribution >= 4 is 42.4 Å². The monoisotopic (exact) mass is 489 g/mol. The summed E-state index contributed by atoms with van der Waals surface area (Å²) in [5.74, 6) is 0.590. The number of fused-ring (bicyclic) bond motifs is 1. The molecule has 1 amide bonds. The van der Waals surface area contributed by atoms with Gasteiger partial charge in [-0.25, -0.2) is 13.4 Å². The number of hydrogen-bond donors (Lipinski definition) is 0. The fourth-order valence-corrected chi connectivity index (χ4v) is 5.36. The van der Waals surface area contributed by atoms with E-state index in [1.165, 1.54) is 23.5 Å². The molecular formula is C24H31N3O4S2. The molecule has 0 aliphatic heterocycles. The standard InChI is InChI=1S/C24H31N3O4S2/c1-5-26(6-2)15-16-27(23(28)18-9-12-20(13-10-18)33(29,30)8-4)24-25-21-14-11-19(31-7-3)17-22(21)32-24/h9-14,17H,5-8,15-16H2,1-4H3. The summed E-state index contributed by atoms with van der Waals surface area (Å²) in [6.45, 7) is 11.3. The number of amides is 1. The molecule has 7 nitrogen and oxygen atoms in total. The van der Waals surface area contributed by atoms with E-state index in [0.29, 0.717) is 30.4 Å². The Hall–Kier alpha value is -2.49. The molecule has 3 aromatic rings. The lowest BCUT2D eigenvalue weighted by atomic mass is 10.2. The maximum absolute atomic E-state index is 13.5. The first-order valence-corrected chi connectivity index (χ1v) is 13.7. The molecule has 0 aliphatic carbocycles. The minimum atomic E-state index is -3.32. The van der Waals surface area contributed by atoms with Gasteiger partial charge >= 0.3 is 0 Å². The third kappa shape index (κ3) is 5.90. The van der Waals surface area contributed by atoms with Crippen LogP contribution in [0.5, 0.6) is 5.75 Å². The summed E-state index contributed by atoms with van der Waals surface area (Å²) in [7, 11) is -3.32. The van der Waals surface area contributed by atoms with Crippen LogP contribution in [-0.2, 0) is 9.84 Å². The van der Waals surface area contributed by atoms with Crippen LogP contribution >= 0.6 is 11.3 Å². The smallest absolute Gasteiger partial charge is 0.260 e. The number of rotatable bonds is 11. The highest BCUT2D eigenvalue weighted by Crippen LogP contribution is 2.32. The Kier molecular flexibility index (Phi) is 8.45. The molecule has 0 saturated carbocycles. The Morgan fingerprint density at radius 3 is 2.30 bits per heavy atom. The molecule has 0 atom stereocenters. The molecule has 1 heterocycles. The Morgan fingerprint density at radius 2 is 1.70 bits per heavy atom. The van der Waals surface area contributed by atoms with E-state index in [4.69, 9.17) is 9.72 Å². The van der Waals surface area contributed by atoms with Crippen LogP contribution in [0, 0.1) is 0 Å². The van der Waals surface area contributed by atoms with Crippen LogP contribution in [0.15, 0.2) is 47.4 Å². The van der Waals surface area contributed by atoms with Crippen molar-refractivity contribution in [2.75, 3.05) is 43.4 Å². The van der Waals surface area contributed by atoms with Crippen molar-refractivity contribution in [2.24, 2.45) is 0 Å². The average Bonchev–Trinajstić information content (AvgIpc) is 3.25. The summed E-state index contributed by atoms with van der Waals surface area (Å²) in [6, 6.07) is 11.9. The zero-order valence-corrected chi connectivity index (χ0v) is 21.2. The Bertz CT molecular complexity index is 1190. The zero-order chi connectivity index (χ0) is 24.0. The lowest BCUT2D eigenvalue weighted by Crippen LogP contribution is -2.38. The van der Waals surface area contributed by atoms with Gasteiger partial charge in [-0.05, 0) is 62.5 Å². The Balaban J connectivity index is 1.95. The summed E-state index contributed by atoms with van der Waals surface area (Å²) >= 11 is 1.45. The van der Waals surface area contributed by atoms with Crippen molar-refractivity contribution < 1.29 is 17.9 Å². The minimum absolute atomic E-state index is 0.0196. The molecule has 3 rings (SSSR count). The maximum atomic E-state index is 13.5. The number of nitrogens with zero attached hydrogens (tertiary/aromatic N) is 3. The van der Waals surface area contributed by atoms with Gasteiger partial charge in [0.1, 0.15) is 5.75 Å². The summed E-state index contributed by atoms with van der Waals surface area (Å²) in [6.07, 6.45) is 0. The van der Waals surface area contributed by atoms with Crippen molar-refractivity contribution in [2.45, 2.75) is 32.6 Å². The van der Waals surface area contributed by atoms with Crippen molar-refractivity contribution in [1.82, 2.24) is 9.88 Å². The van der Waals surface area contributed by atoms with E-state index >= 15 is 0 Å². The van der Waals surface area contributed by atoms with E-state index in [1.54, 1.807) is 24.0 Å². The second-order valence-electron chi connectivity index (χ2n) is 7.47. The van der Waals surface area contributed by atoms with E-state index in [1.807, 2.05) is 25.1 Å². The lowest BCUT2D eigenvalue weighted by Gasteiger charge is -2.24. The number of thiazole rings is 1. The number of anilines is 1. The first kappa shape index (κ1) is 25.1. The number of sulfone groups is 1. The first-order valence-electron chi connectivity index (χ1n) is 11.2. The minimum Gasteiger partial charge on any atom is -0.494 e. The lowest BCUT2D eigenvalue weighted by molar-refractivity contribution is 0.0983. The van der Waals surface area contributed by atoms with Gasteiger partial charge < -0.3 is 9.64 Å². The van der Waals surface area contributed by atoms with Gasteiger partial charge in [-0.3, -0.25) is 9.69 Å². The predicted molar refractivity (Wildman–Crippen MR) is 134 cm³/mol. The quantitative estimate of drug-likeness (QED) is 0.395. The molecule has 9 heteroatoms. The number of likely N-dealkylation sites (N-methyl/N-ethyl adjacent to an activating group) is 1. The molecule has 0 aliphatic rings. The van der Waals surface area contributed by atoms with Gasteiger partial charge in [0.05, 0.1) is 27.5 Å². The van der Waals surface area contributed by atoms with E-state index in [-0.39, 0.29) is 16.6 Å². The highest BCUT2D eigenvalue weighted by atomic mass is 32.2. The van der Waals surface area contributed by atoms with Crippen LogP contribution in [0.3, 0.4) is 0 Å². The SMILES string of the molecule is CCOc1ccc2nc(N(CCN(CC)CC)C(=O)c3ccc(S(=O)(=O)CC)cc3)sc2c1. The van der Waals surface area contributed by atoms with Crippen LogP contribution in [-0.4, -0.2) is 62.7 Å². The molecular weight excluding hydrogens is 458 g/mol. The molecule has 33 heavy (non-hydrogen) atoms. The second-order valence-corrected chi connectivity index (χ2v) is 10.8. The average molecular weight is 490 g/mol. The number of carbonyl (C=O) groups excluding carboxylic acids is 1. The first-order chi connectivity index (χ1) is 15.8. The molecule has 0 N–H and O–H groups in total. The van der Waals surface area contributed by atoms with Gasteiger partial charge in [0.2, 0.25) is 0 Å². The molecule has 0 radical (unpaired) electrons. The Labute approximate surface area is 199 Å². The number of benzene rings is 2. The molecule has 178 valence electrons. The number of carbonyl (C=O) groups is 1. The second kappa shape index (κ2) is 11.1. The third-order valence-electron chi connectivity index (χ3n) is 5.51. The van der Waals surface area contributed by atoms with Crippen LogP contribution < -0.4 is 9.64 Å². The number of aromatic nitrogens is 1. The van der Waals surface area contributed by atoms with Crippen LogP contribution in [0.25, 0.3) is 10.2 Å². The molecule has 0 fully saturated rings. The molecule has 0 bridgehead atoms. The zero-order valence-electron chi connectivity index (χ0n) is 19.6. The Morgan fingerprint density at radius 1 is 1.00 bits per heavy atom. The highest BCUT2D eigenvalue weighted by Gasteiger charge is 2.23. The highest BCUT2D eigenvalue weighted by molar-refractivity contribution is 7.91. The normalized spacial score (nSPS) is 11.8. The van der Waals surface area contributed by atoms with E-state index in [9.17, 15) is 13.2 Å². The van der Waals surface area contributed by atoms with Gasteiger partial charge in [-0.15, -0.1) is 0 Å². The largest absolute Gasteiger partial charge is 0.494 e. The molecule has 2 aromatic carbocycles. The van der Waals surface area contributed by atoms with Gasteiger partial charge in [0, 0.05) is 18.7 Å². The molecule has 0 spiro atoms. The van der Waals surface area contributed by atoms with E-state index < -0.39 is 9.84 Å². The van der Waals surface area contributed by atoms with Crippen LogP contribution in [0.4, 0.5) is 5.13 Å². The third-order valence-corrected chi connectivity index (χ3v) is 8.30. The fraction of sp³-hybridized carbons (Fsp3) is 0.417. The summed E-state index contributed by atoms with van der Waals surface area (Å²) in [5, 5.41) is 0.612. The van der Waals surface area contributed by atoms with Gasteiger partial charge in [-0.2, -0.15) is 0 Å². The van der Waals surface area contributed by atoms with Gasteiger partial charge in [0.25, 0.3) is 5.91 Å². The summed E-state index contributed by atoms with van der Waals surface area (Å²) in [5.41, 5.74) is 1.24. The van der Waals surface area contributed by atoms with Gasteiger partial charge in [0.15, 0.2) is 15.0 Å². The fourth-order valence-electron chi connectivity index (χ4n) is 3.46. The summed E-state index contributed by atoms with van der Waals surface area (Å²) < 4.78 is 30.8. The van der Waals surface area contributed by atoms with E-state index in [0.717, 1.165) is 29.1 Å².